The molecule has 0 aromatic carbocycles. The smallest absolute Gasteiger partial charge is 0.228 e. The second-order valence-corrected chi connectivity index (χ2v) is 10.0. The Kier molecular flexibility index (Phi) is 7.26. The third-order valence-corrected chi connectivity index (χ3v) is 7.40. The van der Waals surface area contributed by atoms with E-state index in [0.29, 0.717) is 12.3 Å². The molecule has 1 aromatic heterocycles. The molecule has 1 heterocycles. The van der Waals surface area contributed by atoms with Gasteiger partial charge in [0.15, 0.2) is 5.78 Å². The Morgan fingerprint density at radius 3 is 2.68 bits per heavy atom. The quantitative estimate of drug-likeness (QED) is 0.538. The van der Waals surface area contributed by atoms with E-state index in [9.17, 15) is 9.59 Å². The van der Waals surface area contributed by atoms with E-state index >= 15 is 0 Å². The SMILES string of the molecule is Cc1nsc(NC(=O)C2CCCCC2CC(=O)C2=CC=C(Br)CC2)c1C(C)C. The molecule has 2 aliphatic carbocycles. The van der Waals surface area contributed by atoms with Gasteiger partial charge in [-0.3, -0.25) is 9.59 Å². The molecule has 1 aromatic rings. The lowest BCUT2D eigenvalue weighted by molar-refractivity contribution is -0.124. The highest BCUT2D eigenvalue weighted by Gasteiger charge is 2.33. The molecule has 0 bridgehead atoms. The standard InChI is InChI=1S/C22H29BrN2O2S/c1-13(2)20-14(3)25-28-22(20)24-21(27)18-7-5-4-6-16(18)12-19(26)15-8-10-17(23)11-9-15/h8,10,13,16,18H,4-7,9,11-12H2,1-3H3,(H,24,27). The predicted molar refractivity (Wildman–Crippen MR) is 119 cm³/mol. The minimum absolute atomic E-state index is 0.0586. The van der Waals surface area contributed by atoms with Crippen molar-refractivity contribution in [3.8, 4) is 0 Å². The molecule has 6 heteroatoms. The zero-order chi connectivity index (χ0) is 20.3. The largest absolute Gasteiger partial charge is 0.316 e. The van der Waals surface area contributed by atoms with E-state index in [4.69, 9.17) is 0 Å². The van der Waals surface area contributed by atoms with Gasteiger partial charge in [-0.05, 0) is 66.0 Å². The highest BCUT2D eigenvalue weighted by atomic mass is 79.9. The van der Waals surface area contributed by atoms with Gasteiger partial charge < -0.3 is 5.32 Å². The van der Waals surface area contributed by atoms with E-state index in [1.165, 1.54) is 11.5 Å². The number of nitrogens with one attached hydrogen (secondary N) is 1. The number of carbonyl (C=O) groups is 2. The number of aromatic nitrogens is 1. The molecule has 28 heavy (non-hydrogen) atoms. The van der Waals surface area contributed by atoms with Crippen LogP contribution < -0.4 is 5.32 Å². The first kappa shape index (κ1) is 21.4. The number of nitrogens with zero attached hydrogens (tertiary/aromatic N) is 1. The van der Waals surface area contributed by atoms with Gasteiger partial charge in [-0.15, -0.1) is 0 Å². The molecule has 1 amide bonds. The zero-order valence-electron chi connectivity index (χ0n) is 16.9. The van der Waals surface area contributed by atoms with E-state index in [2.05, 4.69) is 39.5 Å². The molecule has 0 spiro atoms. The number of aryl methyl sites for hydroxylation is 1. The maximum absolute atomic E-state index is 13.1. The summed E-state index contributed by atoms with van der Waals surface area (Å²) in [7, 11) is 0. The fourth-order valence-electron chi connectivity index (χ4n) is 4.36. The summed E-state index contributed by atoms with van der Waals surface area (Å²) in [5.41, 5.74) is 3.02. The molecule has 2 unspecified atom stereocenters. The molecule has 1 N–H and O–H groups in total. The van der Waals surface area contributed by atoms with Gasteiger partial charge in [0.05, 0.1) is 5.69 Å². The molecule has 4 nitrogen and oxygen atoms in total. The van der Waals surface area contributed by atoms with Crippen LogP contribution in [0.15, 0.2) is 22.2 Å². The van der Waals surface area contributed by atoms with Gasteiger partial charge in [-0.25, -0.2) is 0 Å². The summed E-state index contributed by atoms with van der Waals surface area (Å²) in [6.07, 6.45) is 10.0. The minimum Gasteiger partial charge on any atom is -0.316 e. The predicted octanol–water partition coefficient (Wildman–Crippen LogP) is 6.28. The number of carbonyl (C=O) groups excluding carboxylic acids is 2. The summed E-state index contributed by atoms with van der Waals surface area (Å²) in [6.45, 7) is 6.24. The van der Waals surface area contributed by atoms with Crippen molar-refractivity contribution in [2.24, 2.45) is 11.8 Å². The normalized spacial score (nSPS) is 22.6. The summed E-state index contributed by atoms with van der Waals surface area (Å²) in [5.74, 6) is 0.628. The molecule has 3 rings (SSSR count). The summed E-state index contributed by atoms with van der Waals surface area (Å²) in [6, 6.07) is 0. The zero-order valence-corrected chi connectivity index (χ0v) is 19.3. The molecule has 1 fully saturated rings. The number of anilines is 1. The van der Waals surface area contributed by atoms with Crippen LogP contribution in [-0.4, -0.2) is 16.1 Å². The molecule has 0 aliphatic heterocycles. The second-order valence-electron chi connectivity index (χ2n) is 8.24. The van der Waals surface area contributed by atoms with E-state index in [1.807, 2.05) is 19.1 Å². The summed E-state index contributed by atoms with van der Waals surface area (Å²) >= 11 is 4.86. The lowest BCUT2D eigenvalue weighted by Crippen LogP contribution is -2.33. The van der Waals surface area contributed by atoms with Gasteiger partial charge in [0.2, 0.25) is 5.91 Å². The van der Waals surface area contributed by atoms with Gasteiger partial charge in [-0.2, -0.15) is 4.37 Å². The number of rotatable bonds is 6. The first-order valence-corrected chi connectivity index (χ1v) is 11.8. The third-order valence-electron chi connectivity index (χ3n) is 5.87. The number of ketones is 1. The van der Waals surface area contributed by atoms with Crippen LogP contribution in [0.4, 0.5) is 5.00 Å². The van der Waals surface area contributed by atoms with E-state index in [1.54, 1.807) is 0 Å². The summed E-state index contributed by atoms with van der Waals surface area (Å²) in [4.78, 5) is 25.9. The highest BCUT2D eigenvalue weighted by molar-refractivity contribution is 9.11. The Balaban J connectivity index is 1.69. The monoisotopic (exact) mass is 464 g/mol. The van der Waals surface area contributed by atoms with E-state index in [0.717, 1.165) is 64.8 Å². The van der Waals surface area contributed by atoms with Gasteiger partial charge in [0.1, 0.15) is 5.00 Å². The van der Waals surface area contributed by atoms with Gasteiger partial charge in [0, 0.05) is 17.9 Å². The maximum Gasteiger partial charge on any atom is 0.228 e. The first-order chi connectivity index (χ1) is 13.4. The lowest BCUT2D eigenvalue weighted by Gasteiger charge is -2.30. The minimum atomic E-state index is -0.0911. The van der Waals surface area contributed by atoms with Crippen molar-refractivity contribution in [3.63, 3.8) is 0 Å². The van der Waals surface area contributed by atoms with Crippen LogP contribution in [0.2, 0.25) is 0 Å². The number of hydrogen-bond donors (Lipinski definition) is 1. The van der Waals surface area contributed by atoms with Crippen molar-refractivity contribution < 1.29 is 9.59 Å². The number of allylic oxidation sites excluding steroid dienone is 4. The molecule has 1 saturated carbocycles. The Morgan fingerprint density at radius 1 is 1.25 bits per heavy atom. The Bertz CT molecular complexity index is 809. The highest BCUT2D eigenvalue weighted by Crippen LogP contribution is 2.37. The van der Waals surface area contributed by atoms with E-state index in [-0.39, 0.29) is 23.5 Å². The van der Waals surface area contributed by atoms with Crippen LogP contribution in [-0.2, 0) is 9.59 Å². The summed E-state index contributed by atoms with van der Waals surface area (Å²) < 4.78 is 5.57. The second kappa shape index (κ2) is 9.49. The number of Topliss-reactive ketones (excluding diaryl/α,β-unsaturated/α-hetero) is 1. The molecule has 0 radical (unpaired) electrons. The van der Waals surface area contributed by atoms with Crippen molar-refractivity contribution in [2.75, 3.05) is 5.32 Å². The average Bonchev–Trinajstić information content (AvgIpc) is 3.03. The fourth-order valence-corrected chi connectivity index (χ4v) is 5.65. The van der Waals surface area contributed by atoms with Crippen molar-refractivity contribution in [3.05, 3.63) is 33.5 Å². The van der Waals surface area contributed by atoms with Crippen LogP contribution in [0.25, 0.3) is 0 Å². The maximum atomic E-state index is 13.1. The molecular weight excluding hydrogens is 436 g/mol. The van der Waals surface area contributed by atoms with E-state index < -0.39 is 0 Å². The Hall–Kier alpha value is -1.27. The van der Waals surface area contributed by atoms with Gasteiger partial charge >= 0.3 is 0 Å². The van der Waals surface area contributed by atoms with Crippen LogP contribution in [0.3, 0.4) is 0 Å². The number of amides is 1. The van der Waals surface area contributed by atoms with Crippen LogP contribution >= 0.6 is 27.5 Å². The van der Waals surface area contributed by atoms with Crippen molar-refractivity contribution in [2.45, 2.75) is 71.6 Å². The van der Waals surface area contributed by atoms with Crippen molar-refractivity contribution in [1.29, 1.82) is 0 Å². The van der Waals surface area contributed by atoms with Crippen molar-refractivity contribution in [1.82, 2.24) is 4.37 Å². The van der Waals surface area contributed by atoms with Crippen LogP contribution in [0.5, 0.6) is 0 Å². The fraction of sp³-hybridized carbons (Fsp3) is 0.591. The number of halogens is 1. The Labute approximate surface area is 180 Å². The molecule has 0 saturated heterocycles. The molecular formula is C22H29BrN2O2S. The van der Waals surface area contributed by atoms with Crippen LogP contribution in [0, 0.1) is 18.8 Å². The number of hydrogen-bond acceptors (Lipinski definition) is 4. The molecule has 2 atom stereocenters. The summed E-state index contributed by atoms with van der Waals surface area (Å²) in [5, 5.41) is 4.02. The average molecular weight is 465 g/mol. The molecule has 152 valence electrons. The van der Waals surface area contributed by atoms with Gasteiger partial charge in [0.25, 0.3) is 0 Å². The molecule has 2 aliphatic rings. The van der Waals surface area contributed by atoms with Gasteiger partial charge in [-0.1, -0.05) is 54.8 Å². The van der Waals surface area contributed by atoms with Crippen molar-refractivity contribution >= 4 is 44.2 Å². The third kappa shape index (κ3) is 5.01. The van der Waals surface area contributed by atoms with Crippen LogP contribution in [0.1, 0.15) is 76.0 Å². The Morgan fingerprint density at radius 2 is 2.00 bits per heavy atom. The lowest BCUT2D eigenvalue weighted by atomic mass is 9.75. The first-order valence-electron chi connectivity index (χ1n) is 10.2. The topological polar surface area (TPSA) is 59.1 Å².